The van der Waals surface area contributed by atoms with Crippen LogP contribution in [0.15, 0.2) is 15.8 Å². The van der Waals surface area contributed by atoms with Crippen LogP contribution in [0.2, 0.25) is 0 Å². The van der Waals surface area contributed by atoms with Gasteiger partial charge in [0.1, 0.15) is 0 Å². The van der Waals surface area contributed by atoms with Crippen LogP contribution in [-0.2, 0) is 0 Å². The van der Waals surface area contributed by atoms with Crippen LogP contribution in [0.3, 0.4) is 0 Å². The molecule has 3 unspecified atom stereocenters. The van der Waals surface area contributed by atoms with Crippen molar-refractivity contribution in [1.29, 1.82) is 0 Å². The minimum absolute atomic E-state index is 0.0295. The number of rotatable bonds is 3. The maximum Gasteiger partial charge on any atom is 0.328 e. The van der Waals surface area contributed by atoms with Gasteiger partial charge in [-0.15, -0.1) is 0 Å². The number of hydrogen-bond acceptors (Lipinski definition) is 4. The molecule has 0 spiro atoms. The topological polar surface area (TPSA) is 95.3 Å². The Morgan fingerprint density at radius 2 is 2.12 bits per heavy atom. The van der Waals surface area contributed by atoms with E-state index in [-0.39, 0.29) is 36.7 Å². The van der Waals surface area contributed by atoms with Gasteiger partial charge in [-0.2, -0.15) is 0 Å². The SMILES string of the molecule is O=c1[nH]cc(I)c(=O)n1C1CC(CO)C1CO. The van der Waals surface area contributed by atoms with Crippen molar-refractivity contribution in [2.75, 3.05) is 13.2 Å². The van der Waals surface area contributed by atoms with Gasteiger partial charge < -0.3 is 15.2 Å². The van der Waals surface area contributed by atoms with Crippen molar-refractivity contribution in [3.63, 3.8) is 0 Å². The van der Waals surface area contributed by atoms with Crippen molar-refractivity contribution < 1.29 is 10.2 Å². The average molecular weight is 352 g/mol. The third-order valence-electron chi connectivity index (χ3n) is 3.39. The van der Waals surface area contributed by atoms with Crippen molar-refractivity contribution in [1.82, 2.24) is 9.55 Å². The molecule has 0 radical (unpaired) electrons. The molecule has 0 saturated heterocycles. The molecule has 0 aromatic carbocycles. The van der Waals surface area contributed by atoms with Gasteiger partial charge in [0.25, 0.3) is 5.56 Å². The second-order valence-electron chi connectivity index (χ2n) is 4.21. The first-order valence-corrected chi connectivity index (χ1v) is 6.39. The van der Waals surface area contributed by atoms with Gasteiger partial charge in [-0.3, -0.25) is 9.36 Å². The number of nitrogens with zero attached hydrogens (tertiary/aromatic N) is 1. The molecule has 1 aliphatic rings. The molecule has 1 fully saturated rings. The molecular weight excluding hydrogens is 339 g/mol. The molecular formula is C10H13IN2O4. The number of H-pyrrole nitrogens is 1. The molecule has 17 heavy (non-hydrogen) atoms. The molecule has 7 heteroatoms. The first kappa shape index (κ1) is 12.8. The number of aromatic amines is 1. The minimum atomic E-state index is -0.463. The van der Waals surface area contributed by atoms with Gasteiger partial charge in [0, 0.05) is 31.4 Å². The zero-order chi connectivity index (χ0) is 12.6. The van der Waals surface area contributed by atoms with E-state index >= 15 is 0 Å². The summed E-state index contributed by atoms with van der Waals surface area (Å²) in [4.78, 5) is 26.0. The fourth-order valence-electron chi connectivity index (χ4n) is 2.32. The Labute approximate surface area is 110 Å². The van der Waals surface area contributed by atoms with Crippen molar-refractivity contribution in [3.8, 4) is 0 Å². The van der Waals surface area contributed by atoms with Gasteiger partial charge in [0.15, 0.2) is 0 Å². The van der Waals surface area contributed by atoms with Gasteiger partial charge in [-0.25, -0.2) is 4.79 Å². The smallest absolute Gasteiger partial charge is 0.328 e. The Kier molecular flexibility index (Phi) is 3.69. The van der Waals surface area contributed by atoms with Gasteiger partial charge >= 0.3 is 5.69 Å². The molecule has 1 aromatic rings. The highest BCUT2D eigenvalue weighted by atomic mass is 127. The summed E-state index contributed by atoms with van der Waals surface area (Å²) < 4.78 is 1.58. The summed E-state index contributed by atoms with van der Waals surface area (Å²) in [5.41, 5.74) is -0.801. The molecule has 1 aromatic heterocycles. The number of hydrogen-bond donors (Lipinski definition) is 3. The Morgan fingerprint density at radius 3 is 2.71 bits per heavy atom. The number of aromatic nitrogens is 2. The lowest BCUT2D eigenvalue weighted by atomic mass is 9.70. The first-order chi connectivity index (χ1) is 8.10. The number of nitrogens with one attached hydrogen (secondary N) is 1. The molecule has 3 N–H and O–H groups in total. The van der Waals surface area contributed by atoms with E-state index in [1.807, 2.05) is 22.6 Å². The van der Waals surface area contributed by atoms with Gasteiger partial charge in [-0.05, 0) is 34.9 Å². The maximum atomic E-state index is 11.9. The lowest BCUT2D eigenvalue weighted by Gasteiger charge is -2.43. The molecule has 0 aliphatic heterocycles. The summed E-state index contributed by atoms with van der Waals surface area (Å²) in [6.45, 7) is -0.161. The Bertz CT molecular complexity index is 524. The van der Waals surface area contributed by atoms with E-state index in [0.29, 0.717) is 9.99 Å². The molecule has 1 saturated carbocycles. The number of aliphatic hydroxyl groups excluding tert-OH is 2. The second kappa shape index (κ2) is 4.91. The third kappa shape index (κ3) is 2.06. The highest BCUT2D eigenvalue weighted by Gasteiger charge is 2.42. The second-order valence-corrected chi connectivity index (χ2v) is 5.37. The summed E-state index contributed by atoms with van der Waals surface area (Å²) in [5, 5.41) is 18.3. The van der Waals surface area contributed by atoms with Crippen LogP contribution >= 0.6 is 22.6 Å². The molecule has 1 heterocycles. The van der Waals surface area contributed by atoms with E-state index in [2.05, 4.69) is 4.98 Å². The molecule has 1 aliphatic carbocycles. The summed E-state index contributed by atoms with van der Waals surface area (Å²) >= 11 is 1.86. The average Bonchev–Trinajstić information content (AvgIpc) is 2.28. The fraction of sp³-hybridized carbons (Fsp3) is 0.600. The molecule has 3 atom stereocenters. The van der Waals surface area contributed by atoms with Crippen LogP contribution < -0.4 is 11.2 Å². The maximum absolute atomic E-state index is 11.9. The monoisotopic (exact) mass is 352 g/mol. The highest BCUT2D eigenvalue weighted by Crippen LogP contribution is 2.42. The van der Waals surface area contributed by atoms with E-state index in [4.69, 9.17) is 5.11 Å². The summed E-state index contributed by atoms with van der Waals surface area (Å²) in [6, 6.07) is -0.317. The van der Waals surface area contributed by atoms with Crippen molar-refractivity contribution in [2.45, 2.75) is 12.5 Å². The van der Waals surface area contributed by atoms with Crippen LogP contribution in [0.25, 0.3) is 0 Å². The number of halogens is 1. The molecule has 0 bridgehead atoms. The summed E-state index contributed by atoms with van der Waals surface area (Å²) in [7, 11) is 0. The molecule has 6 nitrogen and oxygen atoms in total. The van der Waals surface area contributed by atoms with E-state index in [1.54, 1.807) is 0 Å². The van der Waals surface area contributed by atoms with E-state index in [1.165, 1.54) is 6.20 Å². The normalized spacial score (nSPS) is 27.8. The largest absolute Gasteiger partial charge is 0.396 e. The van der Waals surface area contributed by atoms with Crippen molar-refractivity contribution >= 4 is 22.6 Å². The molecule has 0 amide bonds. The van der Waals surface area contributed by atoms with Crippen LogP contribution in [0.5, 0.6) is 0 Å². The zero-order valence-electron chi connectivity index (χ0n) is 8.97. The minimum Gasteiger partial charge on any atom is -0.396 e. The lowest BCUT2D eigenvalue weighted by molar-refractivity contribution is -0.0101. The third-order valence-corrected chi connectivity index (χ3v) is 4.16. The summed E-state index contributed by atoms with van der Waals surface area (Å²) in [5.74, 6) is -0.258. The lowest BCUT2D eigenvalue weighted by Crippen LogP contribution is -2.51. The van der Waals surface area contributed by atoms with Gasteiger partial charge in [0.05, 0.1) is 3.57 Å². The fourth-order valence-corrected chi connectivity index (χ4v) is 2.74. The highest BCUT2D eigenvalue weighted by molar-refractivity contribution is 14.1. The van der Waals surface area contributed by atoms with E-state index in [9.17, 15) is 14.7 Å². The Balaban J connectivity index is 2.40. The molecule has 94 valence electrons. The van der Waals surface area contributed by atoms with Crippen LogP contribution in [0.1, 0.15) is 12.5 Å². The van der Waals surface area contributed by atoms with Gasteiger partial charge in [-0.1, -0.05) is 0 Å². The number of aliphatic hydroxyl groups is 2. The predicted octanol–water partition coefficient (Wildman–Crippen LogP) is -0.697. The quantitative estimate of drug-likeness (QED) is 0.628. The molecule has 2 rings (SSSR count). The Hall–Kier alpha value is -0.670. The van der Waals surface area contributed by atoms with Crippen LogP contribution in [0.4, 0.5) is 0 Å². The standard InChI is InChI=1S/C10H13IN2O4/c11-7-2-12-10(17)13(9(7)16)8-1-5(3-14)6(8)4-15/h2,5-6,8,14-15H,1,3-4H2,(H,12,17). The van der Waals surface area contributed by atoms with Crippen LogP contribution in [0, 0.1) is 15.4 Å². The van der Waals surface area contributed by atoms with Crippen molar-refractivity contribution in [3.05, 3.63) is 30.6 Å². The van der Waals surface area contributed by atoms with E-state index < -0.39 is 5.69 Å². The van der Waals surface area contributed by atoms with Crippen LogP contribution in [-0.4, -0.2) is 33.0 Å². The summed E-state index contributed by atoms with van der Waals surface area (Å²) in [6.07, 6.45) is 1.92. The zero-order valence-corrected chi connectivity index (χ0v) is 11.1. The first-order valence-electron chi connectivity index (χ1n) is 5.31. The Morgan fingerprint density at radius 1 is 1.41 bits per heavy atom. The van der Waals surface area contributed by atoms with Gasteiger partial charge in [0.2, 0.25) is 0 Å². The predicted molar refractivity (Wildman–Crippen MR) is 68.8 cm³/mol. The van der Waals surface area contributed by atoms with E-state index in [0.717, 1.165) is 4.57 Å². The van der Waals surface area contributed by atoms with Crippen molar-refractivity contribution in [2.24, 2.45) is 11.8 Å².